The van der Waals surface area contributed by atoms with Gasteiger partial charge in [-0.15, -0.1) is 0 Å². The van der Waals surface area contributed by atoms with Crippen LogP contribution in [0.2, 0.25) is 0 Å². The third-order valence-corrected chi connectivity index (χ3v) is 5.14. The Morgan fingerprint density at radius 3 is 2.74 bits per heavy atom. The number of esters is 1. The summed E-state index contributed by atoms with van der Waals surface area (Å²) < 4.78 is 6.48. The van der Waals surface area contributed by atoms with Crippen LogP contribution < -0.4 is 5.32 Å². The molecule has 10 heteroatoms. The topological polar surface area (TPSA) is 129 Å². The Balaban J connectivity index is 1.70. The van der Waals surface area contributed by atoms with Crippen LogP contribution in [0.15, 0.2) is 66.9 Å². The highest BCUT2D eigenvalue weighted by atomic mass is 16.6. The van der Waals surface area contributed by atoms with Crippen LogP contribution in [0.4, 0.5) is 11.5 Å². The Kier molecular flexibility index (Phi) is 6.63. The number of carbonyl (C=O) groups is 2. The lowest BCUT2D eigenvalue weighted by Crippen LogP contribution is -2.16. The first-order valence-corrected chi connectivity index (χ1v) is 10.7. The van der Waals surface area contributed by atoms with Gasteiger partial charge in [-0.2, -0.15) is 9.78 Å². The third-order valence-electron chi connectivity index (χ3n) is 5.14. The Morgan fingerprint density at radius 2 is 1.97 bits per heavy atom. The number of non-ortho nitro benzene ring substituents is 1. The highest BCUT2D eigenvalue weighted by Gasteiger charge is 2.22. The van der Waals surface area contributed by atoms with Crippen LogP contribution >= 0.6 is 0 Å². The molecule has 2 aromatic heterocycles. The predicted molar refractivity (Wildman–Crippen MR) is 130 cm³/mol. The van der Waals surface area contributed by atoms with E-state index in [4.69, 9.17) is 4.74 Å². The maximum absolute atomic E-state index is 12.8. The molecule has 0 aliphatic carbocycles. The number of fused-ring (bicyclic) bond motifs is 1. The molecule has 4 rings (SSSR count). The second kappa shape index (κ2) is 9.96. The molecule has 0 aliphatic heterocycles. The van der Waals surface area contributed by atoms with Crippen molar-refractivity contribution >= 4 is 40.4 Å². The zero-order valence-electron chi connectivity index (χ0n) is 19.0. The van der Waals surface area contributed by atoms with E-state index < -0.39 is 16.8 Å². The minimum atomic E-state index is -0.644. The van der Waals surface area contributed by atoms with Gasteiger partial charge in [-0.3, -0.25) is 14.9 Å². The summed E-state index contributed by atoms with van der Waals surface area (Å²) >= 11 is 0. The number of para-hydroxylation sites is 1. The van der Waals surface area contributed by atoms with E-state index in [1.807, 2.05) is 31.2 Å². The quantitative estimate of drug-likeness (QED) is 0.182. The lowest BCUT2D eigenvalue weighted by atomic mass is 10.1. The molecule has 0 spiro atoms. The number of nitrogens with zero attached hydrogens (tertiary/aromatic N) is 4. The van der Waals surface area contributed by atoms with Crippen LogP contribution in [-0.4, -0.2) is 38.2 Å². The van der Waals surface area contributed by atoms with Gasteiger partial charge in [-0.1, -0.05) is 30.3 Å². The SMILES string of the molecule is CCOC(=O)c1cnn(-c2cc(C)c3ccccc3n2)c1NC(=O)/C=C/c1cccc([N+](=O)[O-])c1. The number of hydrogen-bond donors (Lipinski definition) is 1. The van der Waals surface area contributed by atoms with Crippen molar-refractivity contribution < 1.29 is 19.2 Å². The van der Waals surface area contributed by atoms with Gasteiger partial charge >= 0.3 is 5.97 Å². The molecule has 4 aromatic rings. The summed E-state index contributed by atoms with van der Waals surface area (Å²) in [6, 6.07) is 15.3. The molecule has 0 atom stereocenters. The van der Waals surface area contributed by atoms with Crippen LogP contribution in [0.5, 0.6) is 0 Å². The number of nitrogens with one attached hydrogen (secondary N) is 1. The second-order valence-electron chi connectivity index (χ2n) is 7.53. The van der Waals surface area contributed by atoms with E-state index in [1.54, 1.807) is 19.1 Å². The molecule has 0 radical (unpaired) electrons. The predicted octanol–water partition coefficient (Wildman–Crippen LogP) is 4.47. The van der Waals surface area contributed by atoms with E-state index in [-0.39, 0.29) is 23.7 Å². The van der Waals surface area contributed by atoms with Crippen LogP contribution in [0.25, 0.3) is 22.8 Å². The van der Waals surface area contributed by atoms with Gasteiger partial charge in [0.05, 0.1) is 23.2 Å². The van der Waals surface area contributed by atoms with Crippen LogP contribution in [0.1, 0.15) is 28.4 Å². The first kappa shape index (κ1) is 23.3. The zero-order valence-corrected chi connectivity index (χ0v) is 19.0. The molecule has 0 aliphatic rings. The van der Waals surface area contributed by atoms with Crippen molar-refractivity contribution in [2.45, 2.75) is 13.8 Å². The lowest BCUT2D eigenvalue weighted by Gasteiger charge is -2.11. The van der Waals surface area contributed by atoms with Gasteiger partial charge in [0.25, 0.3) is 5.69 Å². The average molecular weight is 471 g/mol. The molecule has 2 heterocycles. The number of amides is 1. The normalized spacial score (nSPS) is 11.0. The molecule has 0 bridgehead atoms. The summed E-state index contributed by atoms with van der Waals surface area (Å²) in [7, 11) is 0. The standard InChI is InChI=1S/C25H21N5O5/c1-3-35-25(32)20-15-26-29(22-13-16(2)19-9-4-5-10-21(19)27-22)24(20)28-23(31)12-11-17-7-6-8-18(14-17)30(33)34/h4-15H,3H2,1-2H3,(H,28,31)/b12-11+. The first-order valence-electron chi connectivity index (χ1n) is 10.7. The van der Waals surface area contributed by atoms with Gasteiger partial charge in [-0.05, 0) is 43.2 Å². The van der Waals surface area contributed by atoms with Gasteiger partial charge < -0.3 is 10.1 Å². The van der Waals surface area contributed by atoms with Crippen molar-refractivity contribution in [1.82, 2.24) is 14.8 Å². The number of ether oxygens (including phenoxy) is 1. The number of aromatic nitrogens is 3. The number of rotatable bonds is 7. The van der Waals surface area contributed by atoms with E-state index in [2.05, 4.69) is 15.4 Å². The van der Waals surface area contributed by atoms with Gasteiger partial charge in [0.2, 0.25) is 5.91 Å². The summed E-state index contributed by atoms with van der Waals surface area (Å²) in [4.78, 5) is 40.4. The van der Waals surface area contributed by atoms with Gasteiger partial charge in [0.15, 0.2) is 11.6 Å². The van der Waals surface area contributed by atoms with Crippen molar-refractivity contribution in [2.75, 3.05) is 11.9 Å². The van der Waals surface area contributed by atoms with Crippen LogP contribution in [0.3, 0.4) is 0 Å². The van der Waals surface area contributed by atoms with Gasteiger partial charge in [0, 0.05) is 23.6 Å². The Morgan fingerprint density at radius 1 is 1.17 bits per heavy atom. The minimum Gasteiger partial charge on any atom is -0.462 e. The first-order chi connectivity index (χ1) is 16.9. The van der Waals surface area contributed by atoms with Gasteiger partial charge in [0.1, 0.15) is 5.56 Å². The molecule has 1 amide bonds. The van der Waals surface area contributed by atoms with E-state index in [1.165, 1.54) is 41.2 Å². The molecule has 1 N–H and O–H groups in total. The summed E-state index contributed by atoms with van der Waals surface area (Å²) in [5.74, 6) is -0.704. The third kappa shape index (κ3) is 5.06. The fourth-order valence-electron chi connectivity index (χ4n) is 3.51. The number of benzene rings is 2. The fourth-order valence-corrected chi connectivity index (χ4v) is 3.51. The molecule has 10 nitrogen and oxygen atoms in total. The van der Waals surface area contributed by atoms with Crippen LogP contribution in [0, 0.1) is 17.0 Å². The van der Waals surface area contributed by atoms with E-state index in [0.29, 0.717) is 11.4 Å². The molecule has 35 heavy (non-hydrogen) atoms. The van der Waals surface area contributed by atoms with Crippen molar-refractivity contribution in [3.05, 3.63) is 93.7 Å². The number of aryl methyl sites for hydroxylation is 1. The van der Waals surface area contributed by atoms with Crippen molar-refractivity contribution in [1.29, 1.82) is 0 Å². The van der Waals surface area contributed by atoms with E-state index in [0.717, 1.165) is 16.5 Å². The highest BCUT2D eigenvalue weighted by Crippen LogP contribution is 2.24. The molecular weight excluding hydrogens is 450 g/mol. The number of hydrogen-bond acceptors (Lipinski definition) is 7. The van der Waals surface area contributed by atoms with Gasteiger partial charge in [-0.25, -0.2) is 9.78 Å². The van der Waals surface area contributed by atoms with Crippen molar-refractivity contribution in [3.63, 3.8) is 0 Å². The number of pyridine rings is 1. The monoisotopic (exact) mass is 471 g/mol. The maximum atomic E-state index is 12.8. The number of carbonyl (C=O) groups excluding carboxylic acids is 2. The van der Waals surface area contributed by atoms with Crippen molar-refractivity contribution in [2.24, 2.45) is 0 Å². The summed E-state index contributed by atoms with van der Waals surface area (Å²) in [5, 5.41) is 18.9. The summed E-state index contributed by atoms with van der Waals surface area (Å²) in [5.41, 5.74) is 2.13. The Hall–Kier alpha value is -4.86. The number of anilines is 1. The molecule has 0 unspecified atom stereocenters. The van der Waals surface area contributed by atoms with Crippen molar-refractivity contribution in [3.8, 4) is 5.82 Å². The molecule has 2 aromatic carbocycles. The largest absolute Gasteiger partial charge is 0.462 e. The number of nitro groups is 1. The lowest BCUT2D eigenvalue weighted by molar-refractivity contribution is -0.384. The van der Waals surface area contributed by atoms with E-state index >= 15 is 0 Å². The zero-order chi connectivity index (χ0) is 24.9. The molecule has 176 valence electrons. The molecular formula is C25H21N5O5. The second-order valence-corrected chi connectivity index (χ2v) is 7.53. The molecule has 0 saturated heterocycles. The maximum Gasteiger partial charge on any atom is 0.343 e. The Labute approximate surface area is 200 Å². The smallest absolute Gasteiger partial charge is 0.343 e. The Bertz CT molecular complexity index is 1470. The van der Waals surface area contributed by atoms with E-state index in [9.17, 15) is 19.7 Å². The number of nitro benzene ring substituents is 1. The average Bonchev–Trinajstić information content (AvgIpc) is 3.26. The highest BCUT2D eigenvalue weighted by molar-refractivity contribution is 6.05. The summed E-state index contributed by atoms with van der Waals surface area (Å²) in [6.45, 7) is 3.76. The minimum absolute atomic E-state index is 0.0663. The van der Waals surface area contributed by atoms with Crippen LogP contribution in [-0.2, 0) is 9.53 Å². The fraction of sp³-hybridized carbons (Fsp3) is 0.120. The summed E-state index contributed by atoms with van der Waals surface area (Å²) in [6.07, 6.45) is 3.96. The molecule has 0 saturated carbocycles. The molecule has 0 fully saturated rings.